The molecule has 0 amide bonds. The molecule has 0 heterocycles. The van der Waals surface area contributed by atoms with E-state index in [9.17, 15) is 0 Å². The Morgan fingerprint density at radius 2 is 1.00 bits per heavy atom. The van der Waals surface area contributed by atoms with Crippen LogP contribution in [0.1, 0.15) is 0 Å². The van der Waals surface area contributed by atoms with Crippen LogP contribution >= 0.6 is 0 Å². The summed E-state index contributed by atoms with van der Waals surface area (Å²) in [6, 6.07) is 0. The van der Waals surface area contributed by atoms with E-state index in [2.05, 4.69) is 0 Å². The maximum atomic E-state index is 8.52. The van der Waals surface area contributed by atoms with Crippen LogP contribution in [-0.2, 0) is 4.74 Å². The van der Waals surface area contributed by atoms with Gasteiger partial charge in [0.25, 0.3) is 0 Å². The lowest BCUT2D eigenvalue weighted by atomic mass is 10.3. The molecule has 5 heteroatoms. The molecule has 0 rings (SSSR count). The van der Waals surface area contributed by atoms with Gasteiger partial charge in [0.05, 0.1) is 26.4 Å². The molecule has 0 aliphatic heterocycles. The molecule has 0 aliphatic rings. The Bertz CT molecular complexity index is 69.0. The van der Waals surface area contributed by atoms with E-state index in [0.29, 0.717) is 0 Å². The van der Waals surface area contributed by atoms with E-state index in [4.69, 9.17) is 25.2 Å². The van der Waals surface area contributed by atoms with Crippen molar-refractivity contribution in [1.29, 1.82) is 0 Å². The minimum absolute atomic E-state index is 0.326. The maximum absolute atomic E-state index is 8.52. The van der Waals surface area contributed by atoms with Crippen LogP contribution in [0.3, 0.4) is 0 Å². The normalized spacial score (nSPS) is 11.5. The average molecular weight is 166 g/mol. The number of aliphatic hydroxyl groups excluding tert-OH is 4. The Hall–Kier alpha value is -0.200. The highest BCUT2D eigenvalue weighted by Gasteiger charge is 2.13. The summed E-state index contributed by atoms with van der Waals surface area (Å²) in [4.78, 5) is 0. The van der Waals surface area contributed by atoms with Crippen molar-refractivity contribution in [3.8, 4) is 0 Å². The van der Waals surface area contributed by atoms with Gasteiger partial charge in [-0.3, -0.25) is 0 Å². The van der Waals surface area contributed by atoms with E-state index in [1.807, 2.05) is 0 Å². The number of hydrogen-bond acceptors (Lipinski definition) is 5. The van der Waals surface area contributed by atoms with E-state index >= 15 is 0 Å². The monoisotopic (exact) mass is 166 g/mol. The van der Waals surface area contributed by atoms with Crippen LogP contribution < -0.4 is 0 Å². The van der Waals surface area contributed by atoms with E-state index < -0.39 is 12.2 Å². The first-order valence-electron chi connectivity index (χ1n) is 3.37. The third-order valence-electron chi connectivity index (χ3n) is 1.20. The Morgan fingerprint density at radius 3 is 1.18 bits per heavy atom. The van der Waals surface area contributed by atoms with Gasteiger partial charge in [-0.25, -0.2) is 0 Å². The molecule has 68 valence electrons. The molecular formula is C6H14O5. The van der Waals surface area contributed by atoms with Crippen LogP contribution in [0.25, 0.3) is 0 Å². The molecule has 0 atom stereocenters. The lowest BCUT2D eigenvalue weighted by Crippen LogP contribution is -2.32. The fourth-order valence-corrected chi connectivity index (χ4v) is 0.560. The lowest BCUT2D eigenvalue weighted by molar-refractivity contribution is -0.0956. The molecule has 0 aromatic rings. The van der Waals surface area contributed by atoms with Crippen molar-refractivity contribution in [2.24, 2.45) is 0 Å². The van der Waals surface area contributed by atoms with Crippen molar-refractivity contribution in [3.63, 3.8) is 0 Å². The van der Waals surface area contributed by atoms with E-state index in [1.165, 1.54) is 0 Å². The first-order chi connectivity index (χ1) is 5.28. The maximum Gasteiger partial charge on any atom is 0.104 e. The average Bonchev–Trinajstić information content (AvgIpc) is 2.07. The minimum Gasteiger partial charge on any atom is -0.394 e. The van der Waals surface area contributed by atoms with Crippen LogP contribution in [0.5, 0.6) is 0 Å². The molecule has 5 nitrogen and oxygen atoms in total. The Labute approximate surface area is 64.9 Å². The van der Waals surface area contributed by atoms with Crippen LogP contribution in [0.15, 0.2) is 0 Å². The van der Waals surface area contributed by atoms with Gasteiger partial charge >= 0.3 is 0 Å². The molecule has 11 heavy (non-hydrogen) atoms. The van der Waals surface area contributed by atoms with E-state index in [1.54, 1.807) is 0 Å². The first kappa shape index (κ1) is 10.8. The SMILES string of the molecule is OCC(CO)OC(CO)CO. The second-order valence-corrected chi connectivity index (χ2v) is 2.11. The molecule has 4 N–H and O–H groups in total. The minimum atomic E-state index is -0.723. The van der Waals surface area contributed by atoms with Gasteiger partial charge in [-0.2, -0.15) is 0 Å². The summed E-state index contributed by atoms with van der Waals surface area (Å²) in [6.07, 6.45) is -1.45. The van der Waals surface area contributed by atoms with Gasteiger partial charge in [0.1, 0.15) is 12.2 Å². The van der Waals surface area contributed by atoms with Crippen LogP contribution in [-0.4, -0.2) is 59.1 Å². The third kappa shape index (κ3) is 4.28. The molecule has 0 spiro atoms. The molecule has 0 unspecified atom stereocenters. The van der Waals surface area contributed by atoms with Gasteiger partial charge < -0.3 is 25.2 Å². The van der Waals surface area contributed by atoms with Gasteiger partial charge in [-0.05, 0) is 0 Å². The number of aliphatic hydroxyl groups is 4. The topological polar surface area (TPSA) is 90.2 Å². The number of hydrogen-bond donors (Lipinski definition) is 4. The zero-order valence-electron chi connectivity index (χ0n) is 6.18. The molecule has 0 radical (unpaired) electrons. The first-order valence-corrected chi connectivity index (χ1v) is 3.37. The van der Waals surface area contributed by atoms with Crippen LogP contribution in [0.2, 0.25) is 0 Å². The molecule has 0 saturated carbocycles. The molecule has 0 bridgehead atoms. The quantitative estimate of drug-likeness (QED) is 0.356. The number of ether oxygens (including phenoxy) is 1. The van der Waals surface area contributed by atoms with Gasteiger partial charge in [0.2, 0.25) is 0 Å². The lowest BCUT2D eigenvalue weighted by Gasteiger charge is -2.18. The highest BCUT2D eigenvalue weighted by Crippen LogP contribution is 1.96. The standard InChI is InChI=1S/C6H14O5/c7-1-5(2-8)11-6(3-9)4-10/h5-10H,1-4H2. The molecule has 0 aliphatic carbocycles. The Balaban J connectivity index is 3.58. The van der Waals surface area contributed by atoms with Gasteiger partial charge in [0, 0.05) is 0 Å². The van der Waals surface area contributed by atoms with Crippen molar-refractivity contribution in [2.75, 3.05) is 26.4 Å². The summed E-state index contributed by atoms with van der Waals surface area (Å²) in [6.45, 7) is -1.31. The summed E-state index contributed by atoms with van der Waals surface area (Å²) >= 11 is 0. The number of rotatable bonds is 6. The van der Waals surface area contributed by atoms with Crippen molar-refractivity contribution in [1.82, 2.24) is 0 Å². The highest BCUT2D eigenvalue weighted by atomic mass is 16.5. The largest absolute Gasteiger partial charge is 0.394 e. The summed E-state index contributed by atoms with van der Waals surface area (Å²) < 4.78 is 4.85. The summed E-state index contributed by atoms with van der Waals surface area (Å²) in [7, 11) is 0. The van der Waals surface area contributed by atoms with Crippen molar-refractivity contribution >= 4 is 0 Å². The van der Waals surface area contributed by atoms with Crippen molar-refractivity contribution in [3.05, 3.63) is 0 Å². The Kier molecular flexibility index (Phi) is 6.39. The molecule has 0 aromatic heterocycles. The summed E-state index contributed by atoms with van der Waals surface area (Å²) in [5, 5.41) is 34.1. The van der Waals surface area contributed by atoms with Crippen LogP contribution in [0, 0.1) is 0 Å². The van der Waals surface area contributed by atoms with E-state index in [-0.39, 0.29) is 26.4 Å². The fourth-order valence-electron chi connectivity index (χ4n) is 0.560. The summed E-state index contributed by atoms with van der Waals surface area (Å²) in [5.41, 5.74) is 0. The van der Waals surface area contributed by atoms with Crippen molar-refractivity contribution < 1.29 is 25.2 Å². The van der Waals surface area contributed by atoms with E-state index in [0.717, 1.165) is 0 Å². The summed E-state index contributed by atoms with van der Waals surface area (Å²) in [5.74, 6) is 0. The zero-order valence-corrected chi connectivity index (χ0v) is 6.18. The predicted molar refractivity (Wildman–Crippen MR) is 37.0 cm³/mol. The third-order valence-corrected chi connectivity index (χ3v) is 1.20. The van der Waals surface area contributed by atoms with Gasteiger partial charge in [0.15, 0.2) is 0 Å². The smallest absolute Gasteiger partial charge is 0.104 e. The van der Waals surface area contributed by atoms with Crippen molar-refractivity contribution in [2.45, 2.75) is 12.2 Å². The van der Waals surface area contributed by atoms with Gasteiger partial charge in [-0.1, -0.05) is 0 Å². The van der Waals surface area contributed by atoms with Crippen LogP contribution in [0.4, 0.5) is 0 Å². The predicted octanol–water partition coefficient (Wildman–Crippen LogP) is -2.29. The van der Waals surface area contributed by atoms with Gasteiger partial charge in [-0.15, -0.1) is 0 Å². The Morgan fingerprint density at radius 1 is 0.727 bits per heavy atom. The molecular weight excluding hydrogens is 152 g/mol. The fraction of sp³-hybridized carbons (Fsp3) is 1.00. The highest BCUT2D eigenvalue weighted by molar-refractivity contribution is 4.59. The molecule has 0 aromatic carbocycles. The second kappa shape index (κ2) is 6.51. The molecule has 0 saturated heterocycles. The zero-order chi connectivity index (χ0) is 8.69. The second-order valence-electron chi connectivity index (χ2n) is 2.11. The molecule has 0 fully saturated rings.